The van der Waals surface area contributed by atoms with Gasteiger partial charge in [-0.2, -0.15) is 0 Å². The van der Waals surface area contributed by atoms with Crippen LogP contribution in [-0.2, 0) is 0 Å². The number of anilines is 1. The summed E-state index contributed by atoms with van der Waals surface area (Å²) in [6, 6.07) is 7.63. The Morgan fingerprint density at radius 1 is 1.09 bits per heavy atom. The van der Waals surface area contributed by atoms with Crippen molar-refractivity contribution in [3.8, 4) is 0 Å². The van der Waals surface area contributed by atoms with Crippen molar-refractivity contribution < 1.29 is 14.6 Å². The molecule has 0 bridgehead atoms. The minimum absolute atomic E-state index is 0.0212. The Hall–Kier alpha value is -2.27. The quantitative estimate of drug-likeness (QED) is 0.432. The molecule has 1 N–H and O–H groups in total. The number of nitro benzene ring substituents is 2. The first kappa shape index (κ1) is 17.1. The van der Waals surface area contributed by atoms with Crippen molar-refractivity contribution in [3.63, 3.8) is 0 Å². The van der Waals surface area contributed by atoms with Crippen LogP contribution in [0.1, 0.15) is 10.4 Å². The van der Waals surface area contributed by atoms with Crippen molar-refractivity contribution in [2.75, 3.05) is 5.32 Å². The van der Waals surface area contributed by atoms with Gasteiger partial charge in [0.1, 0.15) is 5.69 Å². The SMILES string of the molecule is O=C(Nc1ccc(Cl)cc1[N+](=O)[O-])c1cc(I)cc([N+](=O)[O-])c1. The highest BCUT2D eigenvalue weighted by molar-refractivity contribution is 14.1. The van der Waals surface area contributed by atoms with E-state index in [1.165, 1.54) is 24.3 Å². The van der Waals surface area contributed by atoms with Crippen LogP contribution in [0.5, 0.6) is 0 Å². The zero-order chi connectivity index (χ0) is 17.1. The number of hydrogen-bond donors (Lipinski definition) is 1. The Kier molecular flexibility index (Phi) is 5.11. The summed E-state index contributed by atoms with van der Waals surface area (Å²) in [5.41, 5.74) is -0.641. The molecule has 2 aromatic rings. The zero-order valence-corrected chi connectivity index (χ0v) is 14.1. The van der Waals surface area contributed by atoms with E-state index in [1.807, 2.05) is 22.6 Å². The van der Waals surface area contributed by atoms with Crippen LogP contribution in [-0.4, -0.2) is 15.8 Å². The molecule has 0 aromatic heterocycles. The molecule has 0 unspecified atom stereocenters. The van der Waals surface area contributed by atoms with Crippen molar-refractivity contribution in [2.45, 2.75) is 0 Å². The molecule has 118 valence electrons. The fourth-order valence-electron chi connectivity index (χ4n) is 1.77. The molecule has 0 aliphatic heterocycles. The molecule has 0 spiro atoms. The molecule has 8 nitrogen and oxygen atoms in total. The Morgan fingerprint density at radius 2 is 1.78 bits per heavy atom. The van der Waals surface area contributed by atoms with Crippen molar-refractivity contribution in [1.82, 2.24) is 0 Å². The summed E-state index contributed by atoms with van der Waals surface area (Å²) in [6.07, 6.45) is 0. The number of rotatable bonds is 4. The van der Waals surface area contributed by atoms with Crippen LogP contribution < -0.4 is 5.32 Å². The third-order valence-electron chi connectivity index (χ3n) is 2.76. The lowest BCUT2D eigenvalue weighted by molar-refractivity contribution is -0.385. The second kappa shape index (κ2) is 6.87. The van der Waals surface area contributed by atoms with E-state index in [0.29, 0.717) is 3.57 Å². The normalized spacial score (nSPS) is 10.2. The lowest BCUT2D eigenvalue weighted by Crippen LogP contribution is -2.13. The van der Waals surface area contributed by atoms with Crippen LogP contribution in [0, 0.1) is 23.8 Å². The molecule has 0 saturated heterocycles. The average molecular weight is 448 g/mol. The van der Waals surface area contributed by atoms with Crippen LogP contribution in [0.25, 0.3) is 0 Å². The number of non-ortho nitro benzene ring substituents is 1. The molecule has 2 rings (SSSR count). The van der Waals surface area contributed by atoms with Gasteiger partial charge in [-0.25, -0.2) is 0 Å². The number of halogens is 2. The number of carbonyl (C=O) groups excluding carboxylic acids is 1. The lowest BCUT2D eigenvalue weighted by Gasteiger charge is -2.07. The summed E-state index contributed by atoms with van der Waals surface area (Å²) < 4.78 is 0.493. The number of nitro groups is 2. The van der Waals surface area contributed by atoms with Crippen molar-refractivity contribution in [1.29, 1.82) is 0 Å². The summed E-state index contributed by atoms with van der Waals surface area (Å²) >= 11 is 7.54. The van der Waals surface area contributed by atoms with Crippen LogP contribution in [0.2, 0.25) is 5.02 Å². The number of hydrogen-bond acceptors (Lipinski definition) is 5. The van der Waals surface area contributed by atoms with Gasteiger partial charge in [0.25, 0.3) is 17.3 Å². The standard InChI is InChI=1S/C13H7ClIN3O5/c14-8-1-2-11(12(5-8)18(22)23)16-13(19)7-3-9(15)6-10(4-7)17(20)21/h1-6H,(H,16,19). The Bertz CT molecular complexity index is 827. The van der Waals surface area contributed by atoms with E-state index in [2.05, 4.69) is 5.32 Å². The van der Waals surface area contributed by atoms with Gasteiger partial charge in [0, 0.05) is 32.4 Å². The molecule has 0 atom stereocenters. The average Bonchev–Trinajstić information content (AvgIpc) is 2.48. The second-order valence-electron chi connectivity index (χ2n) is 4.33. The smallest absolute Gasteiger partial charge is 0.294 e. The minimum atomic E-state index is -0.697. The van der Waals surface area contributed by atoms with Crippen molar-refractivity contribution >= 4 is 57.2 Å². The van der Waals surface area contributed by atoms with E-state index in [0.717, 1.165) is 12.1 Å². The zero-order valence-electron chi connectivity index (χ0n) is 11.2. The van der Waals surface area contributed by atoms with E-state index < -0.39 is 15.8 Å². The Labute approximate surface area is 147 Å². The molecule has 10 heteroatoms. The van der Waals surface area contributed by atoms with Gasteiger partial charge in [0.2, 0.25) is 0 Å². The van der Waals surface area contributed by atoms with Gasteiger partial charge < -0.3 is 5.32 Å². The minimum Gasteiger partial charge on any atom is -0.316 e. The van der Waals surface area contributed by atoms with Gasteiger partial charge in [-0.15, -0.1) is 0 Å². The van der Waals surface area contributed by atoms with Gasteiger partial charge in [0.15, 0.2) is 0 Å². The van der Waals surface area contributed by atoms with Gasteiger partial charge >= 0.3 is 0 Å². The fourth-order valence-corrected chi connectivity index (χ4v) is 2.59. The Balaban J connectivity index is 2.37. The van der Waals surface area contributed by atoms with E-state index in [1.54, 1.807) is 0 Å². The summed E-state index contributed by atoms with van der Waals surface area (Å²) in [5, 5.41) is 24.3. The number of carbonyl (C=O) groups is 1. The molecule has 0 aliphatic carbocycles. The summed E-state index contributed by atoms with van der Waals surface area (Å²) in [6.45, 7) is 0. The van der Waals surface area contributed by atoms with E-state index in [4.69, 9.17) is 11.6 Å². The number of nitrogens with zero attached hydrogens (tertiary/aromatic N) is 2. The first-order chi connectivity index (χ1) is 10.8. The van der Waals surface area contributed by atoms with Crippen molar-refractivity contribution in [2.24, 2.45) is 0 Å². The number of amides is 1. The maximum Gasteiger partial charge on any atom is 0.294 e. The first-order valence-electron chi connectivity index (χ1n) is 5.98. The van der Waals surface area contributed by atoms with E-state index >= 15 is 0 Å². The lowest BCUT2D eigenvalue weighted by atomic mass is 10.2. The van der Waals surface area contributed by atoms with Gasteiger partial charge in [-0.05, 0) is 40.8 Å². The maximum absolute atomic E-state index is 12.2. The topological polar surface area (TPSA) is 115 Å². The molecular formula is C13H7ClIN3O5. The largest absolute Gasteiger partial charge is 0.316 e. The van der Waals surface area contributed by atoms with Crippen LogP contribution in [0.4, 0.5) is 17.1 Å². The van der Waals surface area contributed by atoms with Gasteiger partial charge in [-0.3, -0.25) is 25.0 Å². The second-order valence-corrected chi connectivity index (χ2v) is 6.01. The highest BCUT2D eigenvalue weighted by Gasteiger charge is 2.19. The molecule has 23 heavy (non-hydrogen) atoms. The van der Waals surface area contributed by atoms with Gasteiger partial charge in [0.05, 0.1) is 9.85 Å². The third kappa shape index (κ3) is 4.13. The molecule has 2 aromatic carbocycles. The number of nitrogens with one attached hydrogen (secondary N) is 1. The fraction of sp³-hybridized carbons (Fsp3) is 0. The molecular weight excluding hydrogens is 441 g/mol. The van der Waals surface area contributed by atoms with Crippen LogP contribution >= 0.6 is 34.2 Å². The number of benzene rings is 2. The summed E-state index contributed by atoms with van der Waals surface area (Å²) in [4.78, 5) is 32.7. The van der Waals surface area contributed by atoms with Crippen molar-refractivity contribution in [3.05, 3.63) is 70.8 Å². The van der Waals surface area contributed by atoms with Crippen LogP contribution in [0.15, 0.2) is 36.4 Å². The molecule has 1 amide bonds. The predicted octanol–water partition coefficient (Wildman–Crippen LogP) is 4.01. The molecule has 0 saturated carbocycles. The summed E-state index contributed by atoms with van der Waals surface area (Å²) in [5.74, 6) is -0.697. The third-order valence-corrected chi connectivity index (χ3v) is 3.62. The molecule has 0 radical (unpaired) electrons. The highest BCUT2D eigenvalue weighted by atomic mass is 127. The monoisotopic (exact) mass is 447 g/mol. The predicted molar refractivity (Wildman–Crippen MR) is 91.9 cm³/mol. The molecule has 0 aliphatic rings. The van der Waals surface area contributed by atoms with Gasteiger partial charge in [-0.1, -0.05) is 11.6 Å². The first-order valence-corrected chi connectivity index (χ1v) is 7.44. The highest BCUT2D eigenvalue weighted by Crippen LogP contribution is 2.28. The summed E-state index contributed by atoms with van der Waals surface area (Å²) in [7, 11) is 0. The maximum atomic E-state index is 12.2. The van der Waals surface area contributed by atoms with Crippen LogP contribution in [0.3, 0.4) is 0 Å². The molecule has 0 fully saturated rings. The molecule has 0 heterocycles. The Morgan fingerprint density at radius 3 is 2.39 bits per heavy atom. The van der Waals surface area contributed by atoms with E-state index in [-0.39, 0.29) is 27.6 Å². The van der Waals surface area contributed by atoms with E-state index in [9.17, 15) is 25.0 Å².